The lowest BCUT2D eigenvalue weighted by molar-refractivity contribution is -0.118. The van der Waals surface area contributed by atoms with Gasteiger partial charge < -0.3 is 10.2 Å². The molecule has 1 unspecified atom stereocenters. The molecular weight excluding hydrogens is 350 g/mol. The molecule has 1 aliphatic heterocycles. The highest BCUT2D eigenvalue weighted by Gasteiger charge is 2.45. The molecule has 0 radical (unpaired) electrons. The Bertz CT molecular complexity index is 883. The maximum absolute atomic E-state index is 12.8. The van der Waals surface area contributed by atoms with Crippen LogP contribution >= 0.6 is 11.3 Å². The molecule has 2 N–H and O–H groups in total. The van der Waals surface area contributed by atoms with E-state index in [0.29, 0.717) is 0 Å². The Hall–Kier alpha value is -2.60. The molecule has 6 heteroatoms. The number of hydrogen-bond donors (Lipinski definition) is 2. The second kappa shape index (κ2) is 6.96. The number of phenols is 1. The molecule has 0 aliphatic carbocycles. The lowest BCUT2D eigenvalue weighted by atomic mass is 9.95. The maximum atomic E-state index is 12.8. The van der Waals surface area contributed by atoms with Crippen molar-refractivity contribution in [3.8, 4) is 5.75 Å². The highest BCUT2D eigenvalue weighted by molar-refractivity contribution is 7.10. The fourth-order valence-electron chi connectivity index (χ4n) is 3.16. The van der Waals surface area contributed by atoms with E-state index >= 15 is 0 Å². The van der Waals surface area contributed by atoms with Gasteiger partial charge in [-0.2, -0.15) is 0 Å². The van der Waals surface area contributed by atoms with Gasteiger partial charge in [0.1, 0.15) is 11.8 Å². The molecule has 0 spiro atoms. The van der Waals surface area contributed by atoms with E-state index in [0.717, 1.165) is 10.4 Å². The number of nitrogens with zero attached hydrogens (tertiary/aromatic N) is 1. The van der Waals surface area contributed by atoms with E-state index in [4.69, 9.17) is 0 Å². The van der Waals surface area contributed by atoms with E-state index in [2.05, 4.69) is 0 Å². The number of phenolic OH excluding ortho intramolecular Hbond substituents is 1. The summed E-state index contributed by atoms with van der Waals surface area (Å²) in [6, 6.07) is 7.84. The van der Waals surface area contributed by atoms with E-state index in [-0.39, 0.29) is 35.1 Å². The Labute approximate surface area is 156 Å². The number of aliphatic hydroxyl groups excluding tert-OH is 1. The second-order valence-corrected chi connectivity index (χ2v) is 7.85. The first-order valence-electron chi connectivity index (χ1n) is 8.44. The predicted molar refractivity (Wildman–Crippen MR) is 102 cm³/mol. The lowest BCUT2D eigenvalue weighted by Crippen LogP contribution is -2.30. The first-order valence-corrected chi connectivity index (χ1v) is 9.32. The summed E-state index contributed by atoms with van der Waals surface area (Å²) in [7, 11) is 0. The zero-order valence-corrected chi connectivity index (χ0v) is 15.7. The van der Waals surface area contributed by atoms with Crippen molar-refractivity contribution in [1.29, 1.82) is 0 Å². The van der Waals surface area contributed by atoms with Crippen molar-refractivity contribution in [2.45, 2.75) is 33.2 Å². The summed E-state index contributed by atoms with van der Waals surface area (Å²) in [5, 5.41) is 22.7. The standard InChI is InChI=1S/C20H21NO4S/c1-11(2)9-15(23)17-18(16-5-4-8-26-16)21(20(25)19(17)24)13-10-12(3)6-7-14(13)22/h4-8,10-11,18,22,24H,9H2,1-3H3. The number of anilines is 1. The number of hydrogen-bond acceptors (Lipinski definition) is 5. The van der Waals surface area contributed by atoms with Crippen LogP contribution in [0.2, 0.25) is 0 Å². The molecule has 5 nitrogen and oxygen atoms in total. The smallest absolute Gasteiger partial charge is 0.294 e. The van der Waals surface area contributed by atoms with E-state index in [9.17, 15) is 19.8 Å². The molecule has 0 saturated heterocycles. The third kappa shape index (κ3) is 3.12. The molecule has 3 rings (SSSR count). The average Bonchev–Trinajstić information content (AvgIpc) is 3.17. The van der Waals surface area contributed by atoms with Crippen LogP contribution in [0.5, 0.6) is 5.75 Å². The van der Waals surface area contributed by atoms with Gasteiger partial charge in [0.2, 0.25) is 0 Å². The fourth-order valence-corrected chi connectivity index (χ4v) is 3.99. The summed E-state index contributed by atoms with van der Waals surface area (Å²) >= 11 is 1.40. The van der Waals surface area contributed by atoms with Gasteiger partial charge in [-0.25, -0.2) is 0 Å². The molecule has 2 heterocycles. The maximum Gasteiger partial charge on any atom is 0.294 e. The number of aromatic hydroxyl groups is 1. The second-order valence-electron chi connectivity index (χ2n) is 6.87. The molecule has 1 aliphatic rings. The average molecular weight is 371 g/mol. The van der Waals surface area contributed by atoms with Gasteiger partial charge in [-0.1, -0.05) is 26.0 Å². The minimum atomic E-state index is -0.735. The third-order valence-corrected chi connectivity index (χ3v) is 5.23. The van der Waals surface area contributed by atoms with Gasteiger partial charge in [0.25, 0.3) is 5.91 Å². The Kier molecular flexibility index (Phi) is 4.87. The van der Waals surface area contributed by atoms with Crippen LogP contribution in [0.25, 0.3) is 0 Å². The number of thiophene rings is 1. The molecule has 2 aromatic rings. The molecule has 0 saturated carbocycles. The van der Waals surface area contributed by atoms with Gasteiger partial charge in [0.05, 0.1) is 11.3 Å². The number of ketones is 1. The molecule has 0 fully saturated rings. The molecule has 1 aromatic heterocycles. The van der Waals surface area contributed by atoms with Gasteiger partial charge in [0, 0.05) is 11.3 Å². The summed E-state index contributed by atoms with van der Waals surface area (Å²) < 4.78 is 0. The van der Waals surface area contributed by atoms with Crippen molar-refractivity contribution < 1.29 is 19.8 Å². The number of rotatable bonds is 5. The summed E-state index contributed by atoms with van der Waals surface area (Å²) in [5.74, 6) is -1.43. The topological polar surface area (TPSA) is 77.8 Å². The van der Waals surface area contributed by atoms with Crippen molar-refractivity contribution in [2.75, 3.05) is 4.90 Å². The number of carbonyl (C=O) groups is 2. The van der Waals surface area contributed by atoms with Gasteiger partial charge in [-0.3, -0.25) is 14.5 Å². The number of aliphatic hydroxyl groups is 1. The zero-order chi connectivity index (χ0) is 19.0. The summed E-state index contributed by atoms with van der Waals surface area (Å²) in [6.45, 7) is 5.68. The summed E-state index contributed by atoms with van der Waals surface area (Å²) in [4.78, 5) is 27.7. The summed E-state index contributed by atoms with van der Waals surface area (Å²) in [6.07, 6.45) is 0.238. The van der Waals surface area contributed by atoms with Crippen LogP contribution in [0, 0.1) is 12.8 Å². The normalized spacial score (nSPS) is 17.5. The first kappa shape index (κ1) is 18.2. The molecule has 26 heavy (non-hydrogen) atoms. The van der Waals surface area contributed by atoms with Crippen LogP contribution in [0.1, 0.15) is 36.8 Å². The van der Waals surface area contributed by atoms with Crippen LogP contribution in [-0.2, 0) is 9.59 Å². The van der Waals surface area contributed by atoms with Crippen LogP contribution < -0.4 is 4.90 Å². The summed E-state index contributed by atoms with van der Waals surface area (Å²) in [5.41, 5.74) is 1.25. The number of Topliss-reactive ketones (excluding diaryl/α,β-unsaturated/α-hetero) is 1. The fraction of sp³-hybridized carbons (Fsp3) is 0.300. The Balaban J connectivity index is 2.15. The molecule has 1 aromatic carbocycles. The highest BCUT2D eigenvalue weighted by atomic mass is 32.1. The first-order chi connectivity index (χ1) is 12.3. The SMILES string of the molecule is Cc1ccc(O)c(N2C(=O)C(O)=C(C(=O)CC(C)C)C2c2cccs2)c1. The minimum Gasteiger partial charge on any atom is -0.506 e. The van der Waals surface area contributed by atoms with Crippen LogP contribution in [0.4, 0.5) is 5.69 Å². The Morgan fingerprint density at radius 2 is 2.00 bits per heavy atom. The Morgan fingerprint density at radius 1 is 1.27 bits per heavy atom. The molecule has 1 atom stereocenters. The highest BCUT2D eigenvalue weighted by Crippen LogP contribution is 2.45. The van der Waals surface area contributed by atoms with Gasteiger partial charge in [0.15, 0.2) is 11.5 Å². The van der Waals surface area contributed by atoms with Crippen LogP contribution in [0.3, 0.4) is 0 Å². The number of benzene rings is 1. The molecule has 0 bridgehead atoms. The van der Waals surface area contributed by atoms with Gasteiger partial charge >= 0.3 is 0 Å². The predicted octanol–water partition coefficient (Wildman–Crippen LogP) is 4.28. The van der Waals surface area contributed by atoms with E-state index < -0.39 is 17.7 Å². The van der Waals surface area contributed by atoms with Crippen molar-refractivity contribution in [2.24, 2.45) is 5.92 Å². The zero-order valence-electron chi connectivity index (χ0n) is 14.9. The molecular formula is C20H21NO4S. The number of carbonyl (C=O) groups excluding carboxylic acids is 2. The lowest BCUT2D eigenvalue weighted by Gasteiger charge is -2.26. The number of aryl methyl sites for hydroxylation is 1. The van der Waals surface area contributed by atoms with Crippen molar-refractivity contribution in [1.82, 2.24) is 0 Å². The Morgan fingerprint density at radius 3 is 2.62 bits per heavy atom. The van der Waals surface area contributed by atoms with Gasteiger partial charge in [-0.15, -0.1) is 11.3 Å². The van der Waals surface area contributed by atoms with Crippen molar-refractivity contribution >= 4 is 28.7 Å². The minimum absolute atomic E-state index is 0.0733. The molecule has 1 amide bonds. The van der Waals surface area contributed by atoms with Crippen LogP contribution in [-0.4, -0.2) is 21.9 Å². The van der Waals surface area contributed by atoms with E-state index in [1.165, 1.54) is 22.3 Å². The van der Waals surface area contributed by atoms with Crippen molar-refractivity contribution in [3.05, 3.63) is 57.5 Å². The van der Waals surface area contributed by atoms with E-state index in [1.807, 2.05) is 38.3 Å². The van der Waals surface area contributed by atoms with Crippen LogP contribution in [0.15, 0.2) is 47.0 Å². The van der Waals surface area contributed by atoms with Crippen molar-refractivity contribution in [3.63, 3.8) is 0 Å². The van der Waals surface area contributed by atoms with Gasteiger partial charge in [-0.05, 0) is 42.0 Å². The quantitative estimate of drug-likeness (QED) is 0.822. The monoisotopic (exact) mass is 371 g/mol. The number of amides is 1. The molecule has 136 valence electrons. The largest absolute Gasteiger partial charge is 0.506 e. The van der Waals surface area contributed by atoms with E-state index in [1.54, 1.807) is 12.1 Å². The third-order valence-electron chi connectivity index (χ3n) is 4.31.